The van der Waals surface area contributed by atoms with Gasteiger partial charge in [0.1, 0.15) is 5.69 Å². The molecule has 0 radical (unpaired) electrons. The molecule has 0 aliphatic rings. The van der Waals surface area contributed by atoms with Crippen LogP contribution < -0.4 is 0 Å². The fourth-order valence-electron chi connectivity index (χ4n) is 1.28. The Bertz CT molecular complexity index is 477. The van der Waals surface area contributed by atoms with Crippen molar-refractivity contribution in [2.45, 2.75) is 13.5 Å². The molecule has 2 heterocycles. The van der Waals surface area contributed by atoms with Crippen LogP contribution in [0.2, 0.25) is 0 Å². The zero-order valence-corrected chi connectivity index (χ0v) is 8.73. The lowest BCUT2D eigenvalue weighted by Crippen LogP contribution is -2.12. The molecule has 0 fully saturated rings. The van der Waals surface area contributed by atoms with E-state index in [1.54, 1.807) is 13.1 Å². The lowest BCUT2D eigenvalue weighted by atomic mass is 10.3. The molecule has 0 saturated heterocycles. The molecule has 0 saturated carbocycles. The molecule has 6 nitrogen and oxygen atoms in total. The van der Waals surface area contributed by atoms with E-state index >= 15 is 0 Å². The van der Waals surface area contributed by atoms with Crippen molar-refractivity contribution in [1.82, 2.24) is 18.5 Å². The number of carbonyl (C=O) groups is 1. The van der Waals surface area contributed by atoms with E-state index in [0.29, 0.717) is 17.8 Å². The zero-order valence-electron chi connectivity index (χ0n) is 7.91. The average molecular weight is 224 g/mol. The molecular formula is C8H8N4O2S. The van der Waals surface area contributed by atoms with Crippen LogP contribution in [-0.2, 0) is 6.54 Å². The van der Waals surface area contributed by atoms with Crippen LogP contribution in [0.5, 0.6) is 0 Å². The summed E-state index contributed by atoms with van der Waals surface area (Å²) >= 11 is 1.09. The Hall–Kier alpha value is -1.76. The van der Waals surface area contributed by atoms with Gasteiger partial charge < -0.3 is 5.11 Å². The highest BCUT2D eigenvalue weighted by atomic mass is 32.1. The van der Waals surface area contributed by atoms with Crippen molar-refractivity contribution in [3.8, 4) is 0 Å². The first-order chi connectivity index (χ1) is 7.18. The fraction of sp³-hybridized carbons (Fsp3) is 0.250. The molecule has 0 aliphatic heterocycles. The minimum absolute atomic E-state index is 0.197. The third kappa shape index (κ3) is 1.86. The van der Waals surface area contributed by atoms with Gasteiger partial charge in [-0.1, -0.05) is 0 Å². The van der Waals surface area contributed by atoms with Gasteiger partial charge in [0, 0.05) is 5.56 Å². The van der Waals surface area contributed by atoms with E-state index in [-0.39, 0.29) is 5.69 Å². The highest BCUT2D eigenvalue weighted by Gasteiger charge is 2.15. The summed E-state index contributed by atoms with van der Waals surface area (Å²) in [5.41, 5.74) is 1.55. The minimum Gasteiger partial charge on any atom is -0.477 e. The molecular weight excluding hydrogens is 216 g/mol. The maximum absolute atomic E-state index is 10.9. The van der Waals surface area contributed by atoms with Crippen LogP contribution in [0.1, 0.15) is 21.7 Å². The first kappa shape index (κ1) is 9.78. The van der Waals surface area contributed by atoms with Crippen molar-refractivity contribution in [2.24, 2.45) is 0 Å². The summed E-state index contributed by atoms with van der Waals surface area (Å²) in [6.45, 7) is 2.05. The van der Waals surface area contributed by atoms with Crippen LogP contribution in [0, 0.1) is 6.92 Å². The summed E-state index contributed by atoms with van der Waals surface area (Å²) in [7, 11) is 0. The maximum atomic E-state index is 10.9. The second kappa shape index (κ2) is 3.77. The molecule has 2 aromatic rings. The molecule has 0 amide bonds. The third-order valence-electron chi connectivity index (χ3n) is 1.94. The average Bonchev–Trinajstić information content (AvgIpc) is 2.76. The summed E-state index contributed by atoms with van der Waals surface area (Å²) in [6, 6.07) is 0. The van der Waals surface area contributed by atoms with E-state index in [4.69, 9.17) is 5.11 Å². The van der Waals surface area contributed by atoms with Crippen LogP contribution in [0.3, 0.4) is 0 Å². The quantitative estimate of drug-likeness (QED) is 0.833. The molecule has 78 valence electrons. The van der Waals surface area contributed by atoms with E-state index in [1.807, 2.05) is 0 Å². The minimum atomic E-state index is -0.979. The number of aromatic nitrogens is 4. The smallest absolute Gasteiger partial charge is 0.354 e. The number of carboxylic acid groups (broad SMARTS) is 1. The second-order valence-corrected chi connectivity index (χ2v) is 3.59. The van der Waals surface area contributed by atoms with Gasteiger partial charge in [-0.2, -0.15) is 13.8 Å². The molecule has 15 heavy (non-hydrogen) atoms. The fourth-order valence-corrected chi connectivity index (χ4v) is 1.71. The largest absolute Gasteiger partial charge is 0.477 e. The number of hydrogen-bond acceptors (Lipinski definition) is 5. The van der Waals surface area contributed by atoms with Gasteiger partial charge in [0.05, 0.1) is 36.4 Å². The van der Waals surface area contributed by atoms with Gasteiger partial charge >= 0.3 is 5.97 Å². The predicted octanol–water partition coefficient (Wildman–Crippen LogP) is 0.790. The number of rotatable bonds is 3. The monoisotopic (exact) mass is 224 g/mol. The van der Waals surface area contributed by atoms with Crippen molar-refractivity contribution in [3.05, 3.63) is 29.3 Å². The lowest BCUT2D eigenvalue weighted by molar-refractivity contribution is 0.0683. The highest BCUT2D eigenvalue weighted by molar-refractivity contribution is 6.99. The summed E-state index contributed by atoms with van der Waals surface area (Å²) in [5, 5.41) is 13.0. The number of nitrogens with zero attached hydrogens (tertiary/aromatic N) is 4. The van der Waals surface area contributed by atoms with Gasteiger partial charge in [0.15, 0.2) is 0 Å². The molecule has 0 spiro atoms. The van der Waals surface area contributed by atoms with Gasteiger partial charge in [-0.25, -0.2) is 4.79 Å². The van der Waals surface area contributed by atoms with Gasteiger partial charge in [0.2, 0.25) is 0 Å². The van der Waals surface area contributed by atoms with Crippen molar-refractivity contribution >= 4 is 17.7 Å². The SMILES string of the molecule is Cc1cnn(Cc2cnsn2)c1C(=O)O. The van der Waals surface area contributed by atoms with Crippen LogP contribution in [0.4, 0.5) is 0 Å². The zero-order chi connectivity index (χ0) is 10.8. The van der Waals surface area contributed by atoms with Gasteiger partial charge in [0.25, 0.3) is 0 Å². The topological polar surface area (TPSA) is 80.9 Å². The Kier molecular flexibility index (Phi) is 2.46. The molecule has 2 aromatic heterocycles. The summed E-state index contributed by atoms with van der Waals surface area (Å²) in [6.07, 6.45) is 3.14. The van der Waals surface area contributed by atoms with Gasteiger partial charge in [-0.15, -0.1) is 0 Å². The van der Waals surface area contributed by atoms with E-state index in [1.165, 1.54) is 10.9 Å². The number of carboxylic acids is 1. The van der Waals surface area contributed by atoms with Crippen molar-refractivity contribution in [2.75, 3.05) is 0 Å². The number of aryl methyl sites for hydroxylation is 1. The van der Waals surface area contributed by atoms with E-state index in [9.17, 15) is 4.79 Å². The summed E-state index contributed by atoms with van der Waals surface area (Å²) < 4.78 is 9.25. The Morgan fingerprint density at radius 1 is 1.60 bits per heavy atom. The standard InChI is InChI=1S/C8H8N4O2S/c1-5-2-9-12(7(5)8(13)14)4-6-3-10-15-11-6/h2-3H,4H2,1H3,(H,13,14). The molecule has 0 bridgehead atoms. The molecule has 0 atom stereocenters. The molecule has 1 N–H and O–H groups in total. The lowest BCUT2D eigenvalue weighted by Gasteiger charge is -2.01. The van der Waals surface area contributed by atoms with Crippen LogP contribution in [0.25, 0.3) is 0 Å². The first-order valence-electron chi connectivity index (χ1n) is 4.20. The Balaban J connectivity index is 2.33. The van der Waals surface area contributed by atoms with Crippen molar-refractivity contribution < 1.29 is 9.90 Å². The van der Waals surface area contributed by atoms with Crippen molar-refractivity contribution in [1.29, 1.82) is 0 Å². The Morgan fingerprint density at radius 2 is 2.40 bits per heavy atom. The van der Waals surface area contributed by atoms with E-state index in [0.717, 1.165) is 11.7 Å². The number of hydrogen-bond donors (Lipinski definition) is 1. The molecule has 0 aromatic carbocycles. The van der Waals surface area contributed by atoms with E-state index < -0.39 is 5.97 Å². The van der Waals surface area contributed by atoms with Gasteiger partial charge in [-0.3, -0.25) is 4.68 Å². The molecule has 0 aliphatic carbocycles. The van der Waals surface area contributed by atoms with Crippen LogP contribution in [-0.4, -0.2) is 29.6 Å². The third-order valence-corrected chi connectivity index (χ3v) is 2.46. The van der Waals surface area contributed by atoms with Gasteiger partial charge in [-0.05, 0) is 6.92 Å². The molecule has 0 unspecified atom stereocenters. The van der Waals surface area contributed by atoms with Crippen LogP contribution in [0.15, 0.2) is 12.4 Å². The molecule has 2 rings (SSSR count). The predicted molar refractivity (Wildman–Crippen MR) is 52.9 cm³/mol. The summed E-state index contributed by atoms with van der Waals surface area (Å²) in [4.78, 5) is 10.9. The maximum Gasteiger partial charge on any atom is 0.354 e. The first-order valence-corrected chi connectivity index (χ1v) is 4.93. The van der Waals surface area contributed by atoms with Crippen LogP contribution >= 0.6 is 11.7 Å². The second-order valence-electron chi connectivity index (χ2n) is 3.04. The highest BCUT2D eigenvalue weighted by Crippen LogP contribution is 2.09. The molecule has 7 heteroatoms. The summed E-state index contributed by atoms with van der Waals surface area (Å²) in [5.74, 6) is -0.979. The number of aromatic carboxylic acids is 1. The Labute approximate surface area is 89.5 Å². The van der Waals surface area contributed by atoms with Crippen molar-refractivity contribution in [3.63, 3.8) is 0 Å². The van der Waals surface area contributed by atoms with E-state index in [2.05, 4.69) is 13.8 Å². The Morgan fingerprint density at radius 3 is 3.00 bits per heavy atom. The normalized spacial score (nSPS) is 10.5.